The van der Waals surface area contributed by atoms with Gasteiger partial charge in [0, 0.05) is 36.8 Å². The Morgan fingerprint density at radius 3 is 2.44 bits per heavy atom. The molecule has 1 amide bonds. The molecule has 0 bridgehead atoms. The lowest BCUT2D eigenvalue weighted by atomic mass is 10.2. The fraction of sp³-hybridized carbons (Fsp3) is 0.353. The monoisotopic (exact) mass is 361 g/mol. The highest BCUT2D eigenvalue weighted by atomic mass is 35.5. The molecule has 1 aromatic heterocycles. The third kappa shape index (κ3) is 5.38. The largest absolute Gasteiger partial charge is 0.379 e. The Balaban J connectivity index is 1.46. The summed E-state index contributed by atoms with van der Waals surface area (Å²) in [5.74, 6) is 0.829. The minimum absolute atomic E-state index is 0.251. The fourth-order valence-corrected chi connectivity index (χ4v) is 2.58. The maximum Gasteiger partial charge on any atom is 0.256 e. The van der Waals surface area contributed by atoms with Gasteiger partial charge in [0.2, 0.25) is 0 Å². The Morgan fingerprint density at radius 2 is 1.76 bits per heavy atom. The fourth-order valence-electron chi connectivity index (χ4n) is 2.45. The van der Waals surface area contributed by atoms with Crippen molar-refractivity contribution in [2.45, 2.75) is 0 Å². The third-order valence-electron chi connectivity index (χ3n) is 3.85. The number of halogens is 1. The van der Waals surface area contributed by atoms with Crippen LogP contribution in [-0.4, -0.2) is 60.4 Å². The average molecular weight is 362 g/mol. The molecule has 0 radical (unpaired) electrons. The maximum absolute atomic E-state index is 12.1. The number of morpholine rings is 1. The predicted molar refractivity (Wildman–Crippen MR) is 97.2 cm³/mol. The zero-order valence-corrected chi connectivity index (χ0v) is 14.5. The zero-order valence-electron chi connectivity index (χ0n) is 13.7. The van der Waals surface area contributed by atoms with Crippen molar-refractivity contribution in [1.82, 2.24) is 15.1 Å². The molecule has 1 fully saturated rings. The highest BCUT2D eigenvalue weighted by molar-refractivity contribution is 6.30. The van der Waals surface area contributed by atoms with Crippen molar-refractivity contribution in [3.8, 4) is 0 Å². The molecule has 3 rings (SSSR count). The van der Waals surface area contributed by atoms with Crippen LogP contribution in [0.4, 0.5) is 11.6 Å². The summed E-state index contributed by atoms with van der Waals surface area (Å²) in [6, 6.07) is 10.2. The second-order valence-corrected chi connectivity index (χ2v) is 6.08. The summed E-state index contributed by atoms with van der Waals surface area (Å²) in [4.78, 5) is 14.4. The molecule has 1 aromatic carbocycles. The van der Waals surface area contributed by atoms with Gasteiger partial charge in [0.15, 0.2) is 5.82 Å². The van der Waals surface area contributed by atoms with E-state index in [1.54, 1.807) is 36.4 Å². The molecule has 0 saturated carbocycles. The van der Waals surface area contributed by atoms with E-state index < -0.39 is 0 Å². The normalized spacial score (nSPS) is 14.9. The van der Waals surface area contributed by atoms with Crippen LogP contribution in [0.5, 0.6) is 0 Å². The summed E-state index contributed by atoms with van der Waals surface area (Å²) >= 11 is 5.81. The molecule has 132 valence electrons. The maximum atomic E-state index is 12.1. The van der Waals surface area contributed by atoms with Crippen LogP contribution in [0, 0.1) is 0 Å². The van der Waals surface area contributed by atoms with Crippen molar-refractivity contribution in [2.24, 2.45) is 0 Å². The quantitative estimate of drug-likeness (QED) is 0.820. The van der Waals surface area contributed by atoms with Gasteiger partial charge in [0.1, 0.15) is 5.82 Å². The van der Waals surface area contributed by atoms with E-state index in [9.17, 15) is 4.79 Å². The van der Waals surface area contributed by atoms with Crippen LogP contribution in [0.1, 0.15) is 10.4 Å². The van der Waals surface area contributed by atoms with Gasteiger partial charge < -0.3 is 15.4 Å². The summed E-state index contributed by atoms with van der Waals surface area (Å²) in [5.41, 5.74) is 0.513. The summed E-state index contributed by atoms with van der Waals surface area (Å²) in [7, 11) is 0. The first-order valence-electron chi connectivity index (χ1n) is 8.15. The van der Waals surface area contributed by atoms with Crippen LogP contribution in [0.3, 0.4) is 0 Å². The minimum Gasteiger partial charge on any atom is -0.379 e. The Morgan fingerprint density at radius 1 is 1.08 bits per heavy atom. The Hall–Kier alpha value is -2.22. The Kier molecular flexibility index (Phi) is 6.16. The van der Waals surface area contributed by atoms with Crippen LogP contribution >= 0.6 is 11.6 Å². The average Bonchev–Trinajstić information content (AvgIpc) is 2.64. The molecule has 2 N–H and O–H groups in total. The first-order valence-corrected chi connectivity index (χ1v) is 8.53. The van der Waals surface area contributed by atoms with Crippen molar-refractivity contribution >= 4 is 29.1 Å². The number of nitrogens with one attached hydrogen (secondary N) is 2. The number of carbonyl (C=O) groups excluding carboxylic acids is 1. The molecule has 2 heterocycles. The van der Waals surface area contributed by atoms with Crippen molar-refractivity contribution in [2.75, 3.05) is 50.0 Å². The number of hydrogen-bond acceptors (Lipinski definition) is 6. The van der Waals surface area contributed by atoms with Crippen molar-refractivity contribution < 1.29 is 9.53 Å². The first-order chi connectivity index (χ1) is 12.2. The minimum atomic E-state index is -0.251. The molecule has 0 spiro atoms. The number of amides is 1. The van der Waals surface area contributed by atoms with E-state index in [4.69, 9.17) is 16.3 Å². The summed E-state index contributed by atoms with van der Waals surface area (Å²) in [6.07, 6.45) is 0. The van der Waals surface area contributed by atoms with Gasteiger partial charge in [-0.1, -0.05) is 11.6 Å². The van der Waals surface area contributed by atoms with Gasteiger partial charge >= 0.3 is 0 Å². The van der Waals surface area contributed by atoms with Gasteiger partial charge in [-0.2, -0.15) is 0 Å². The first kappa shape index (κ1) is 17.6. The molecule has 1 aliphatic rings. The molecule has 1 saturated heterocycles. The second-order valence-electron chi connectivity index (χ2n) is 5.65. The van der Waals surface area contributed by atoms with Crippen molar-refractivity contribution in [1.29, 1.82) is 0 Å². The van der Waals surface area contributed by atoms with E-state index in [1.165, 1.54) is 0 Å². The molecular formula is C17H20ClN5O2. The number of benzene rings is 1. The van der Waals surface area contributed by atoms with E-state index >= 15 is 0 Å². The lowest BCUT2D eigenvalue weighted by Gasteiger charge is -2.26. The van der Waals surface area contributed by atoms with E-state index in [1.807, 2.05) is 0 Å². The molecule has 8 heteroatoms. The number of ether oxygens (including phenoxy) is 1. The van der Waals surface area contributed by atoms with Crippen LogP contribution in [0.25, 0.3) is 0 Å². The molecule has 0 atom stereocenters. The van der Waals surface area contributed by atoms with E-state index in [0.717, 1.165) is 39.4 Å². The highest BCUT2D eigenvalue weighted by Gasteiger charge is 2.10. The zero-order chi connectivity index (χ0) is 17.5. The molecule has 7 nitrogen and oxygen atoms in total. The molecule has 0 unspecified atom stereocenters. The highest BCUT2D eigenvalue weighted by Crippen LogP contribution is 2.12. The van der Waals surface area contributed by atoms with E-state index in [0.29, 0.717) is 22.2 Å². The molecule has 25 heavy (non-hydrogen) atoms. The smallest absolute Gasteiger partial charge is 0.256 e. The van der Waals surface area contributed by atoms with Gasteiger partial charge in [0.25, 0.3) is 5.91 Å². The molecule has 2 aromatic rings. The summed E-state index contributed by atoms with van der Waals surface area (Å²) < 4.78 is 5.32. The van der Waals surface area contributed by atoms with Crippen molar-refractivity contribution in [3.63, 3.8) is 0 Å². The van der Waals surface area contributed by atoms with Crippen LogP contribution in [-0.2, 0) is 4.74 Å². The number of aromatic nitrogens is 2. The molecule has 0 aliphatic carbocycles. The number of rotatable bonds is 6. The van der Waals surface area contributed by atoms with Gasteiger partial charge in [-0.05, 0) is 36.4 Å². The van der Waals surface area contributed by atoms with Crippen LogP contribution in [0.2, 0.25) is 5.02 Å². The lowest BCUT2D eigenvalue weighted by molar-refractivity contribution is 0.0398. The standard InChI is InChI=1S/C17H20ClN5O2/c18-14-3-1-13(2-4-14)17(24)20-16-6-5-15(21-22-16)19-7-8-23-9-11-25-12-10-23/h1-6H,7-12H2,(H,19,21)(H,20,22,24). The number of nitrogens with zero attached hydrogens (tertiary/aromatic N) is 3. The van der Waals surface area contributed by atoms with Gasteiger partial charge in [-0.25, -0.2) is 0 Å². The third-order valence-corrected chi connectivity index (χ3v) is 4.10. The Bertz CT molecular complexity index is 687. The number of carbonyl (C=O) groups is 1. The van der Waals surface area contributed by atoms with Gasteiger partial charge in [-0.15, -0.1) is 10.2 Å². The van der Waals surface area contributed by atoms with Gasteiger partial charge in [0.05, 0.1) is 13.2 Å². The lowest BCUT2D eigenvalue weighted by Crippen LogP contribution is -2.39. The SMILES string of the molecule is O=C(Nc1ccc(NCCN2CCOCC2)nn1)c1ccc(Cl)cc1. The topological polar surface area (TPSA) is 79.4 Å². The van der Waals surface area contributed by atoms with E-state index in [2.05, 4.69) is 25.7 Å². The number of anilines is 2. The molecule has 1 aliphatic heterocycles. The predicted octanol–water partition coefficient (Wildman–Crippen LogP) is 2.13. The van der Waals surface area contributed by atoms with E-state index in [-0.39, 0.29) is 5.91 Å². The number of hydrogen-bond donors (Lipinski definition) is 2. The summed E-state index contributed by atoms with van der Waals surface area (Å²) in [5, 5.41) is 14.6. The van der Waals surface area contributed by atoms with Crippen LogP contribution < -0.4 is 10.6 Å². The molecular weight excluding hydrogens is 342 g/mol. The Labute approximate surface area is 151 Å². The van der Waals surface area contributed by atoms with Crippen LogP contribution in [0.15, 0.2) is 36.4 Å². The summed E-state index contributed by atoms with van der Waals surface area (Å²) in [6.45, 7) is 5.22. The second kappa shape index (κ2) is 8.75. The van der Waals surface area contributed by atoms with Gasteiger partial charge in [-0.3, -0.25) is 9.69 Å². The van der Waals surface area contributed by atoms with Crippen molar-refractivity contribution in [3.05, 3.63) is 47.0 Å².